The van der Waals surface area contributed by atoms with E-state index in [2.05, 4.69) is 26.2 Å². The molecule has 0 fully saturated rings. The van der Waals surface area contributed by atoms with Gasteiger partial charge in [0.1, 0.15) is 0 Å². The molecule has 0 spiro atoms. The van der Waals surface area contributed by atoms with Crippen LogP contribution >= 0.6 is 0 Å². The lowest BCUT2D eigenvalue weighted by atomic mass is 10.4. The summed E-state index contributed by atoms with van der Waals surface area (Å²) in [5, 5.41) is 0. The van der Waals surface area contributed by atoms with Crippen LogP contribution < -0.4 is 11.3 Å². The fourth-order valence-electron chi connectivity index (χ4n) is 0.144. The standard InChI is InChI=1S/C4H10.C3H10N2/c1-3-4-2;1-2-3-5-4/h3-4H2,1-2H3;5H,2-4H2,1H3. The predicted molar refractivity (Wildman–Crippen MR) is 43.1 cm³/mol. The highest BCUT2D eigenvalue weighted by Gasteiger charge is 1.65. The van der Waals surface area contributed by atoms with Gasteiger partial charge in [-0.05, 0) is 6.42 Å². The van der Waals surface area contributed by atoms with Gasteiger partial charge in [0, 0.05) is 6.54 Å². The van der Waals surface area contributed by atoms with E-state index in [9.17, 15) is 0 Å². The zero-order chi connectivity index (χ0) is 7.54. The van der Waals surface area contributed by atoms with E-state index < -0.39 is 0 Å². The van der Waals surface area contributed by atoms with E-state index in [1.807, 2.05) is 0 Å². The van der Waals surface area contributed by atoms with E-state index in [1.54, 1.807) is 0 Å². The molecule has 2 heteroatoms. The van der Waals surface area contributed by atoms with Crippen molar-refractivity contribution in [1.82, 2.24) is 5.43 Å². The Bertz CT molecular complexity index is 26.1. The van der Waals surface area contributed by atoms with Gasteiger partial charge >= 0.3 is 0 Å². The minimum Gasteiger partial charge on any atom is -0.271 e. The topological polar surface area (TPSA) is 38.0 Å². The molecule has 0 amide bonds. The largest absolute Gasteiger partial charge is 0.271 e. The molecule has 0 aliphatic heterocycles. The molecule has 58 valence electrons. The number of nitrogens with two attached hydrogens (primary N) is 1. The molecule has 0 aliphatic carbocycles. The first kappa shape index (κ1) is 11.7. The van der Waals surface area contributed by atoms with Crippen LogP contribution in [0.3, 0.4) is 0 Å². The monoisotopic (exact) mass is 132 g/mol. The lowest BCUT2D eigenvalue weighted by Gasteiger charge is -1.85. The first-order chi connectivity index (χ1) is 4.33. The molecule has 0 unspecified atom stereocenters. The van der Waals surface area contributed by atoms with Crippen molar-refractivity contribution in [3.63, 3.8) is 0 Å². The molecule has 0 aromatic carbocycles. The second kappa shape index (κ2) is 15.7. The van der Waals surface area contributed by atoms with E-state index >= 15 is 0 Å². The van der Waals surface area contributed by atoms with Crippen molar-refractivity contribution in [3.8, 4) is 0 Å². The molecule has 0 saturated heterocycles. The molecule has 0 aliphatic rings. The molecule has 2 nitrogen and oxygen atoms in total. The third-order valence-corrected chi connectivity index (χ3v) is 0.894. The third-order valence-electron chi connectivity index (χ3n) is 0.894. The maximum Gasteiger partial charge on any atom is 0.00947 e. The van der Waals surface area contributed by atoms with Crippen LogP contribution in [0.15, 0.2) is 0 Å². The number of hydrogen-bond acceptors (Lipinski definition) is 2. The van der Waals surface area contributed by atoms with Crippen molar-refractivity contribution in [1.29, 1.82) is 0 Å². The van der Waals surface area contributed by atoms with Crippen LogP contribution in [0.1, 0.15) is 40.0 Å². The molecule has 0 atom stereocenters. The van der Waals surface area contributed by atoms with Gasteiger partial charge in [-0.1, -0.05) is 33.6 Å². The van der Waals surface area contributed by atoms with Gasteiger partial charge in [0.05, 0.1) is 0 Å². The van der Waals surface area contributed by atoms with E-state index in [4.69, 9.17) is 5.84 Å². The van der Waals surface area contributed by atoms with Crippen molar-refractivity contribution in [2.24, 2.45) is 5.84 Å². The Morgan fingerprint density at radius 1 is 1.00 bits per heavy atom. The quantitative estimate of drug-likeness (QED) is 0.453. The summed E-state index contributed by atoms with van der Waals surface area (Å²) in [7, 11) is 0. The van der Waals surface area contributed by atoms with Crippen LogP contribution in [0.2, 0.25) is 0 Å². The first-order valence-corrected chi connectivity index (χ1v) is 3.76. The van der Waals surface area contributed by atoms with Crippen LogP contribution in [-0.4, -0.2) is 6.54 Å². The Labute approximate surface area is 58.8 Å². The van der Waals surface area contributed by atoms with Crippen LogP contribution in [-0.2, 0) is 0 Å². The number of hydrogen-bond donors (Lipinski definition) is 2. The summed E-state index contributed by atoms with van der Waals surface area (Å²) in [6, 6.07) is 0. The fourth-order valence-corrected chi connectivity index (χ4v) is 0.144. The average molecular weight is 132 g/mol. The molecular weight excluding hydrogens is 112 g/mol. The lowest BCUT2D eigenvalue weighted by molar-refractivity contribution is 0.714. The molecule has 0 rings (SSSR count). The number of unbranched alkanes of at least 4 members (excludes halogenated alkanes) is 1. The average Bonchev–Trinajstić information content (AvgIpc) is 1.91. The summed E-state index contributed by atoms with van der Waals surface area (Å²) in [5.41, 5.74) is 2.52. The van der Waals surface area contributed by atoms with Crippen LogP contribution in [0.5, 0.6) is 0 Å². The fraction of sp³-hybridized carbons (Fsp3) is 1.00. The molecule has 3 N–H and O–H groups in total. The summed E-state index contributed by atoms with van der Waals surface area (Å²) in [6.45, 7) is 7.35. The zero-order valence-electron chi connectivity index (χ0n) is 6.91. The Morgan fingerprint density at radius 3 is 1.44 bits per heavy atom. The Balaban J connectivity index is 0. The SMILES string of the molecule is CCCC.CCCNN. The summed E-state index contributed by atoms with van der Waals surface area (Å²) in [4.78, 5) is 0. The molecule has 0 aromatic rings. The lowest BCUT2D eigenvalue weighted by Crippen LogP contribution is -2.21. The van der Waals surface area contributed by atoms with Gasteiger partial charge in [0.2, 0.25) is 0 Å². The second-order valence-electron chi connectivity index (χ2n) is 1.95. The number of rotatable bonds is 3. The van der Waals surface area contributed by atoms with E-state index in [-0.39, 0.29) is 0 Å². The number of nitrogens with one attached hydrogen (secondary N) is 1. The second-order valence-corrected chi connectivity index (χ2v) is 1.95. The minimum absolute atomic E-state index is 0.917. The first-order valence-electron chi connectivity index (χ1n) is 3.76. The van der Waals surface area contributed by atoms with Gasteiger partial charge in [-0.2, -0.15) is 0 Å². The van der Waals surface area contributed by atoms with Gasteiger partial charge in [0.25, 0.3) is 0 Å². The van der Waals surface area contributed by atoms with Gasteiger partial charge < -0.3 is 0 Å². The maximum absolute atomic E-state index is 4.89. The van der Waals surface area contributed by atoms with E-state index in [1.165, 1.54) is 12.8 Å². The molecule has 0 aromatic heterocycles. The van der Waals surface area contributed by atoms with Gasteiger partial charge in [0.15, 0.2) is 0 Å². The van der Waals surface area contributed by atoms with Crippen LogP contribution in [0, 0.1) is 0 Å². The van der Waals surface area contributed by atoms with Crippen LogP contribution in [0.4, 0.5) is 0 Å². The van der Waals surface area contributed by atoms with E-state index in [0.717, 1.165) is 13.0 Å². The summed E-state index contributed by atoms with van der Waals surface area (Å²) in [6.07, 6.45) is 3.75. The highest BCUT2D eigenvalue weighted by molar-refractivity contribution is 4.25. The van der Waals surface area contributed by atoms with Crippen molar-refractivity contribution in [2.75, 3.05) is 6.54 Å². The normalized spacial score (nSPS) is 8.00. The Morgan fingerprint density at radius 2 is 1.44 bits per heavy atom. The molecule has 0 bridgehead atoms. The van der Waals surface area contributed by atoms with Gasteiger partial charge in [-0.3, -0.25) is 11.3 Å². The zero-order valence-corrected chi connectivity index (χ0v) is 6.91. The smallest absolute Gasteiger partial charge is 0.00947 e. The Hall–Kier alpha value is -0.0800. The molecule has 0 heterocycles. The summed E-state index contributed by atoms with van der Waals surface area (Å²) in [5.74, 6) is 4.89. The highest BCUT2D eigenvalue weighted by Crippen LogP contribution is 1.76. The Kier molecular flexibility index (Phi) is 20.3. The van der Waals surface area contributed by atoms with Crippen LogP contribution in [0.25, 0.3) is 0 Å². The highest BCUT2D eigenvalue weighted by atomic mass is 15.2. The molecule has 9 heavy (non-hydrogen) atoms. The van der Waals surface area contributed by atoms with Gasteiger partial charge in [-0.25, -0.2) is 0 Å². The van der Waals surface area contributed by atoms with Gasteiger partial charge in [-0.15, -0.1) is 0 Å². The summed E-state index contributed by atoms with van der Waals surface area (Å²) < 4.78 is 0. The van der Waals surface area contributed by atoms with Crippen molar-refractivity contribution >= 4 is 0 Å². The number of hydrazine groups is 1. The van der Waals surface area contributed by atoms with Crippen molar-refractivity contribution < 1.29 is 0 Å². The molecule has 0 radical (unpaired) electrons. The van der Waals surface area contributed by atoms with E-state index in [0.29, 0.717) is 0 Å². The third kappa shape index (κ3) is 32.6. The predicted octanol–water partition coefficient (Wildman–Crippen LogP) is 1.67. The van der Waals surface area contributed by atoms with Crippen molar-refractivity contribution in [2.45, 2.75) is 40.0 Å². The van der Waals surface area contributed by atoms with Crippen molar-refractivity contribution in [3.05, 3.63) is 0 Å². The minimum atomic E-state index is 0.917. The molecular formula is C7H20N2. The summed E-state index contributed by atoms with van der Waals surface area (Å²) >= 11 is 0. The molecule has 0 saturated carbocycles. The maximum atomic E-state index is 4.89.